The van der Waals surface area contributed by atoms with Crippen molar-refractivity contribution in [3.8, 4) is 0 Å². The van der Waals surface area contributed by atoms with Gasteiger partial charge < -0.3 is 5.32 Å². The summed E-state index contributed by atoms with van der Waals surface area (Å²) < 4.78 is 0. The third-order valence-corrected chi connectivity index (χ3v) is 2.76. The standard InChI is InChI=1S/C14H18N4/c1-9-5-6-13(8-15-9)12(4)18-14-16-10(2)7-11(3)17-14/h5-8,12H,1-4H3,(H,16,17,18). The lowest BCUT2D eigenvalue weighted by Crippen LogP contribution is -2.10. The van der Waals surface area contributed by atoms with E-state index in [4.69, 9.17) is 0 Å². The first-order valence-corrected chi connectivity index (χ1v) is 6.06. The molecule has 94 valence electrons. The summed E-state index contributed by atoms with van der Waals surface area (Å²) in [4.78, 5) is 13.0. The molecule has 0 amide bonds. The van der Waals surface area contributed by atoms with Crippen LogP contribution >= 0.6 is 0 Å². The summed E-state index contributed by atoms with van der Waals surface area (Å²) in [6, 6.07) is 6.18. The number of aromatic nitrogens is 3. The molecule has 2 heterocycles. The minimum atomic E-state index is 0.138. The second kappa shape index (κ2) is 5.12. The highest BCUT2D eigenvalue weighted by molar-refractivity contribution is 5.32. The van der Waals surface area contributed by atoms with Crippen molar-refractivity contribution in [2.45, 2.75) is 33.7 Å². The Balaban J connectivity index is 2.15. The Morgan fingerprint density at radius 3 is 2.22 bits per heavy atom. The maximum Gasteiger partial charge on any atom is 0.223 e. The van der Waals surface area contributed by atoms with Gasteiger partial charge in [0.1, 0.15) is 0 Å². The fourth-order valence-corrected chi connectivity index (χ4v) is 1.80. The molecule has 0 saturated carbocycles. The van der Waals surface area contributed by atoms with E-state index >= 15 is 0 Å². The lowest BCUT2D eigenvalue weighted by Gasteiger charge is -2.14. The molecule has 0 fully saturated rings. The fraction of sp³-hybridized carbons (Fsp3) is 0.357. The van der Waals surface area contributed by atoms with Crippen LogP contribution in [-0.4, -0.2) is 15.0 Å². The Kier molecular flexibility index (Phi) is 3.55. The van der Waals surface area contributed by atoms with Crippen LogP contribution in [0.25, 0.3) is 0 Å². The predicted octanol–water partition coefficient (Wildman–Crippen LogP) is 2.97. The quantitative estimate of drug-likeness (QED) is 0.899. The summed E-state index contributed by atoms with van der Waals surface area (Å²) in [5.41, 5.74) is 4.09. The number of aryl methyl sites for hydroxylation is 3. The number of nitrogens with one attached hydrogen (secondary N) is 1. The summed E-state index contributed by atoms with van der Waals surface area (Å²) in [6.07, 6.45) is 1.88. The zero-order valence-corrected chi connectivity index (χ0v) is 11.2. The van der Waals surface area contributed by atoms with Gasteiger partial charge in [0.2, 0.25) is 5.95 Å². The van der Waals surface area contributed by atoms with Crippen LogP contribution in [-0.2, 0) is 0 Å². The van der Waals surface area contributed by atoms with E-state index in [9.17, 15) is 0 Å². The monoisotopic (exact) mass is 242 g/mol. The minimum Gasteiger partial charge on any atom is -0.348 e. The first kappa shape index (κ1) is 12.5. The molecule has 0 aliphatic rings. The van der Waals surface area contributed by atoms with Crippen molar-refractivity contribution in [1.29, 1.82) is 0 Å². The van der Waals surface area contributed by atoms with Crippen LogP contribution in [0.2, 0.25) is 0 Å². The highest BCUT2D eigenvalue weighted by atomic mass is 15.1. The largest absolute Gasteiger partial charge is 0.348 e. The van der Waals surface area contributed by atoms with Gasteiger partial charge in [-0.2, -0.15) is 0 Å². The number of hydrogen-bond donors (Lipinski definition) is 1. The van der Waals surface area contributed by atoms with Gasteiger partial charge in [-0.15, -0.1) is 0 Å². The summed E-state index contributed by atoms with van der Waals surface area (Å²) in [7, 11) is 0. The van der Waals surface area contributed by atoms with Gasteiger partial charge in [0, 0.05) is 23.3 Å². The van der Waals surface area contributed by atoms with Crippen molar-refractivity contribution in [3.05, 3.63) is 47.0 Å². The average Bonchev–Trinajstić information content (AvgIpc) is 2.28. The number of hydrogen-bond acceptors (Lipinski definition) is 4. The summed E-state index contributed by atoms with van der Waals surface area (Å²) in [5, 5.41) is 3.30. The van der Waals surface area contributed by atoms with Crippen molar-refractivity contribution in [3.63, 3.8) is 0 Å². The van der Waals surface area contributed by atoms with Gasteiger partial charge in [-0.1, -0.05) is 6.07 Å². The van der Waals surface area contributed by atoms with Crippen molar-refractivity contribution in [2.75, 3.05) is 5.32 Å². The lowest BCUT2D eigenvalue weighted by molar-refractivity contribution is 0.844. The average molecular weight is 242 g/mol. The van der Waals surface area contributed by atoms with Gasteiger partial charge in [-0.25, -0.2) is 9.97 Å². The second-order valence-corrected chi connectivity index (χ2v) is 4.57. The molecule has 0 aliphatic carbocycles. The Morgan fingerprint density at radius 2 is 1.67 bits per heavy atom. The third-order valence-electron chi connectivity index (χ3n) is 2.76. The molecule has 0 radical (unpaired) electrons. The number of anilines is 1. The smallest absolute Gasteiger partial charge is 0.223 e. The SMILES string of the molecule is Cc1ccc(C(C)Nc2nc(C)cc(C)n2)cn1. The highest BCUT2D eigenvalue weighted by Gasteiger charge is 2.07. The maximum absolute atomic E-state index is 4.37. The Morgan fingerprint density at radius 1 is 1.00 bits per heavy atom. The summed E-state index contributed by atoms with van der Waals surface area (Å²) >= 11 is 0. The first-order valence-electron chi connectivity index (χ1n) is 6.06. The van der Waals surface area contributed by atoms with E-state index < -0.39 is 0 Å². The van der Waals surface area contributed by atoms with E-state index in [1.165, 1.54) is 0 Å². The van der Waals surface area contributed by atoms with E-state index in [1.54, 1.807) is 0 Å². The van der Waals surface area contributed by atoms with Crippen LogP contribution in [0, 0.1) is 20.8 Å². The van der Waals surface area contributed by atoms with E-state index in [0.717, 1.165) is 22.6 Å². The van der Waals surface area contributed by atoms with Crippen LogP contribution in [0.1, 0.15) is 35.6 Å². The molecular weight excluding hydrogens is 224 g/mol. The van der Waals surface area contributed by atoms with Crippen LogP contribution in [0.4, 0.5) is 5.95 Å². The molecule has 0 spiro atoms. The first-order chi connectivity index (χ1) is 8.54. The van der Waals surface area contributed by atoms with E-state index in [2.05, 4.69) is 33.3 Å². The normalized spacial score (nSPS) is 12.2. The van der Waals surface area contributed by atoms with Crippen molar-refractivity contribution >= 4 is 5.95 Å². The van der Waals surface area contributed by atoms with Crippen LogP contribution in [0.3, 0.4) is 0 Å². The van der Waals surface area contributed by atoms with Gasteiger partial charge in [0.15, 0.2) is 0 Å². The molecule has 4 heteroatoms. The molecule has 0 saturated heterocycles. The number of pyridine rings is 1. The van der Waals surface area contributed by atoms with Gasteiger partial charge >= 0.3 is 0 Å². The minimum absolute atomic E-state index is 0.138. The fourth-order valence-electron chi connectivity index (χ4n) is 1.80. The van der Waals surface area contributed by atoms with Gasteiger partial charge in [0.05, 0.1) is 6.04 Å². The van der Waals surface area contributed by atoms with Gasteiger partial charge in [-0.3, -0.25) is 4.98 Å². The van der Waals surface area contributed by atoms with Gasteiger partial charge in [-0.05, 0) is 45.4 Å². The van der Waals surface area contributed by atoms with Crippen LogP contribution in [0.5, 0.6) is 0 Å². The van der Waals surface area contributed by atoms with Crippen LogP contribution < -0.4 is 5.32 Å². The molecule has 2 rings (SSSR count). The zero-order valence-electron chi connectivity index (χ0n) is 11.2. The molecule has 2 aromatic rings. The van der Waals surface area contributed by atoms with Gasteiger partial charge in [0.25, 0.3) is 0 Å². The molecule has 1 N–H and O–H groups in total. The number of rotatable bonds is 3. The van der Waals surface area contributed by atoms with Crippen molar-refractivity contribution < 1.29 is 0 Å². The molecule has 0 bridgehead atoms. The number of nitrogens with zero attached hydrogens (tertiary/aromatic N) is 3. The zero-order chi connectivity index (χ0) is 13.1. The Bertz CT molecular complexity index is 514. The molecule has 4 nitrogen and oxygen atoms in total. The maximum atomic E-state index is 4.37. The van der Waals surface area contributed by atoms with E-state index in [1.807, 2.05) is 39.1 Å². The third kappa shape index (κ3) is 3.03. The highest BCUT2D eigenvalue weighted by Crippen LogP contribution is 2.16. The van der Waals surface area contributed by atoms with Crippen molar-refractivity contribution in [1.82, 2.24) is 15.0 Å². The Hall–Kier alpha value is -1.97. The van der Waals surface area contributed by atoms with E-state index in [-0.39, 0.29) is 6.04 Å². The molecule has 1 unspecified atom stereocenters. The molecular formula is C14H18N4. The Labute approximate surface area is 108 Å². The summed E-state index contributed by atoms with van der Waals surface area (Å²) in [6.45, 7) is 8.00. The van der Waals surface area contributed by atoms with Crippen LogP contribution in [0.15, 0.2) is 24.4 Å². The molecule has 0 aliphatic heterocycles. The molecule has 0 aromatic carbocycles. The molecule has 2 aromatic heterocycles. The van der Waals surface area contributed by atoms with E-state index in [0.29, 0.717) is 5.95 Å². The second-order valence-electron chi connectivity index (χ2n) is 4.57. The topological polar surface area (TPSA) is 50.7 Å². The van der Waals surface area contributed by atoms with Crippen molar-refractivity contribution in [2.24, 2.45) is 0 Å². The predicted molar refractivity (Wildman–Crippen MR) is 72.5 cm³/mol. The molecule has 18 heavy (non-hydrogen) atoms. The molecule has 1 atom stereocenters. The summed E-state index contributed by atoms with van der Waals surface area (Å²) in [5.74, 6) is 0.667. The lowest BCUT2D eigenvalue weighted by atomic mass is 10.1.